The number of imide groups is 1. The van der Waals surface area contributed by atoms with Crippen LogP contribution in [-0.2, 0) is 10.3 Å². The van der Waals surface area contributed by atoms with Gasteiger partial charge in [-0.3, -0.25) is 10.2 Å². The number of benzene rings is 1. The summed E-state index contributed by atoms with van der Waals surface area (Å²) in [5, 5.41) is 6.95. The van der Waals surface area contributed by atoms with Crippen molar-refractivity contribution in [3.05, 3.63) is 29.8 Å². The van der Waals surface area contributed by atoms with Gasteiger partial charge in [-0.25, -0.2) is 4.79 Å². The topological polar surface area (TPSA) is 82.7 Å². The largest absolute Gasteiger partial charge is 0.435 e. The van der Waals surface area contributed by atoms with Gasteiger partial charge in [0.2, 0.25) is 0 Å². The number of amides is 3. The molecule has 3 amide bonds. The zero-order valence-electron chi connectivity index (χ0n) is 15.8. The Morgan fingerprint density at radius 2 is 2.00 bits per heavy atom. The van der Waals surface area contributed by atoms with Gasteiger partial charge in [-0.15, -0.1) is 0 Å². The highest BCUT2D eigenvalue weighted by molar-refractivity contribution is 7.80. The van der Waals surface area contributed by atoms with E-state index in [1.54, 1.807) is 6.92 Å². The van der Waals surface area contributed by atoms with E-state index in [4.69, 9.17) is 12.2 Å². The number of hydrogen-bond donors (Lipinski definition) is 3. The van der Waals surface area contributed by atoms with Gasteiger partial charge in [0, 0.05) is 6.04 Å². The minimum absolute atomic E-state index is 0.0321. The quantitative estimate of drug-likeness (QED) is 0.498. The summed E-state index contributed by atoms with van der Waals surface area (Å²) in [6.45, 7) is -1.39. The molecule has 2 saturated carbocycles. The van der Waals surface area contributed by atoms with Crippen molar-refractivity contribution in [2.75, 3.05) is 0 Å². The number of nitrogens with one attached hydrogen (secondary N) is 3. The maximum atomic E-state index is 12.9. The number of hydrazine groups is 1. The molecule has 10 heteroatoms. The Morgan fingerprint density at radius 3 is 2.59 bits per heavy atom. The van der Waals surface area contributed by atoms with Gasteiger partial charge in [0.1, 0.15) is 11.3 Å². The van der Waals surface area contributed by atoms with Crippen molar-refractivity contribution in [2.24, 2.45) is 11.8 Å². The highest BCUT2D eigenvalue weighted by atomic mass is 32.1. The van der Waals surface area contributed by atoms with Crippen LogP contribution in [0.15, 0.2) is 24.3 Å². The Bertz CT molecular complexity index is 837. The fraction of sp³-hybridized carbons (Fsp3) is 0.526. The smallest absolute Gasteiger partial charge is 0.387 e. The minimum Gasteiger partial charge on any atom is -0.435 e. The molecule has 0 spiro atoms. The van der Waals surface area contributed by atoms with Crippen molar-refractivity contribution in [3.8, 4) is 5.75 Å². The van der Waals surface area contributed by atoms with E-state index in [-0.39, 0.29) is 16.9 Å². The first kappa shape index (κ1) is 19.8. The van der Waals surface area contributed by atoms with E-state index in [0.717, 1.165) is 17.3 Å². The standard InChI is InChI=1S/C19H22F2N4O3S/c1-19(12-4-6-13(7-5-12)28-16(20)21)15(26)25(18(27)23-19)24-17(29)22-14-9-10-2-3-11(14)8-10/h4-7,10-11,14,16H,2-3,8-9H2,1H3,(H,23,27)(H2,22,24,29)/t10-,11-,14+,19-/m0/s1. The van der Waals surface area contributed by atoms with Crippen LogP contribution in [-0.4, -0.2) is 34.7 Å². The van der Waals surface area contributed by atoms with E-state index in [0.29, 0.717) is 11.5 Å². The first-order valence-corrected chi connectivity index (χ1v) is 9.96. The molecule has 1 aromatic carbocycles. The summed E-state index contributed by atoms with van der Waals surface area (Å²) in [6.07, 6.45) is 4.69. The Hall–Kier alpha value is -2.49. The van der Waals surface area contributed by atoms with Gasteiger partial charge < -0.3 is 15.4 Å². The fourth-order valence-electron chi connectivity index (χ4n) is 4.63. The molecule has 29 heavy (non-hydrogen) atoms. The lowest BCUT2D eigenvalue weighted by atomic mass is 9.92. The highest BCUT2D eigenvalue weighted by Gasteiger charge is 2.50. The number of rotatable bonds is 5. The second-order valence-electron chi connectivity index (χ2n) is 7.97. The molecule has 3 fully saturated rings. The van der Waals surface area contributed by atoms with Crippen LogP contribution in [0, 0.1) is 11.8 Å². The van der Waals surface area contributed by atoms with E-state index in [9.17, 15) is 18.4 Å². The lowest BCUT2D eigenvalue weighted by molar-refractivity contribution is -0.132. The summed E-state index contributed by atoms with van der Waals surface area (Å²) < 4.78 is 28.9. The van der Waals surface area contributed by atoms with Gasteiger partial charge >= 0.3 is 12.6 Å². The van der Waals surface area contributed by atoms with Crippen molar-refractivity contribution >= 4 is 29.3 Å². The van der Waals surface area contributed by atoms with E-state index in [1.165, 1.54) is 43.5 Å². The van der Waals surface area contributed by atoms with Gasteiger partial charge in [0.15, 0.2) is 5.11 Å². The summed E-state index contributed by atoms with van der Waals surface area (Å²) in [5.74, 6) is 0.747. The van der Waals surface area contributed by atoms with E-state index >= 15 is 0 Å². The molecule has 0 unspecified atom stereocenters. The molecular formula is C19H22F2N4O3S. The number of thiocarbonyl (C=S) groups is 1. The number of fused-ring (bicyclic) bond motifs is 2. The molecule has 156 valence electrons. The summed E-state index contributed by atoms with van der Waals surface area (Å²) in [6, 6.07) is 5.20. The highest BCUT2D eigenvalue weighted by Crippen LogP contribution is 2.44. The van der Waals surface area contributed by atoms with Crippen LogP contribution >= 0.6 is 12.2 Å². The normalized spacial score (nSPS) is 30.6. The van der Waals surface area contributed by atoms with Crippen molar-refractivity contribution in [3.63, 3.8) is 0 Å². The SMILES string of the molecule is C[C@@]1(c2ccc(OC(F)F)cc2)NC(=O)N(NC(=S)N[C@@H]2C[C@H]3CC[C@H]2C3)C1=O. The van der Waals surface area contributed by atoms with Crippen LogP contribution < -0.4 is 20.8 Å². The average Bonchev–Trinajstić information content (AvgIpc) is 3.33. The van der Waals surface area contributed by atoms with Crippen LogP contribution in [0.25, 0.3) is 0 Å². The number of nitrogens with zero attached hydrogens (tertiary/aromatic N) is 1. The van der Waals surface area contributed by atoms with Gasteiger partial charge in [-0.05, 0) is 67.9 Å². The molecule has 7 nitrogen and oxygen atoms in total. The molecule has 1 saturated heterocycles. The van der Waals surface area contributed by atoms with Gasteiger partial charge in [0.05, 0.1) is 0 Å². The number of ether oxygens (including phenoxy) is 1. The van der Waals surface area contributed by atoms with Crippen molar-refractivity contribution < 1.29 is 23.1 Å². The van der Waals surface area contributed by atoms with Crippen LogP contribution in [0.2, 0.25) is 0 Å². The van der Waals surface area contributed by atoms with Gasteiger partial charge in [0.25, 0.3) is 5.91 Å². The molecule has 0 radical (unpaired) electrons. The first-order valence-electron chi connectivity index (χ1n) is 9.55. The third-order valence-corrected chi connectivity index (χ3v) is 6.32. The predicted octanol–water partition coefficient (Wildman–Crippen LogP) is 2.62. The second-order valence-corrected chi connectivity index (χ2v) is 8.37. The Labute approximate surface area is 172 Å². The first-order chi connectivity index (χ1) is 13.8. The molecule has 1 aliphatic heterocycles. The molecule has 4 atom stereocenters. The van der Waals surface area contributed by atoms with E-state index < -0.39 is 24.1 Å². The Kier molecular flexibility index (Phi) is 5.05. The fourth-order valence-corrected chi connectivity index (χ4v) is 4.87. The van der Waals surface area contributed by atoms with Gasteiger partial charge in [-0.1, -0.05) is 18.6 Å². The van der Waals surface area contributed by atoms with Crippen LogP contribution in [0.5, 0.6) is 5.75 Å². The number of urea groups is 1. The Balaban J connectivity index is 1.41. The summed E-state index contributed by atoms with van der Waals surface area (Å²) in [7, 11) is 0. The molecule has 3 aliphatic rings. The zero-order valence-corrected chi connectivity index (χ0v) is 16.6. The monoisotopic (exact) mass is 424 g/mol. The third-order valence-electron chi connectivity index (χ3n) is 6.12. The van der Waals surface area contributed by atoms with Crippen LogP contribution in [0.1, 0.15) is 38.2 Å². The Morgan fingerprint density at radius 1 is 1.28 bits per heavy atom. The minimum atomic E-state index is -2.94. The van der Waals surface area contributed by atoms with Crippen molar-refractivity contribution in [1.29, 1.82) is 0 Å². The number of carbonyl (C=O) groups is 2. The molecule has 2 aliphatic carbocycles. The lowest BCUT2D eigenvalue weighted by Gasteiger charge is -2.26. The van der Waals surface area contributed by atoms with Crippen molar-refractivity contribution in [1.82, 2.24) is 21.1 Å². The maximum Gasteiger partial charge on any atom is 0.387 e. The summed E-state index contributed by atoms with van der Waals surface area (Å²) >= 11 is 5.31. The summed E-state index contributed by atoms with van der Waals surface area (Å²) in [4.78, 5) is 25.3. The molecule has 2 bridgehead atoms. The molecule has 3 N–H and O–H groups in total. The maximum absolute atomic E-state index is 12.9. The molecular weight excluding hydrogens is 402 g/mol. The zero-order chi connectivity index (χ0) is 20.8. The molecule has 0 aromatic heterocycles. The number of alkyl halides is 2. The lowest BCUT2D eigenvalue weighted by Crippen LogP contribution is -2.53. The van der Waals surface area contributed by atoms with Crippen LogP contribution in [0.4, 0.5) is 13.6 Å². The number of carbonyl (C=O) groups excluding carboxylic acids is 2. The van der Waals surface area contributed by atoms with E-state index in [1.807, 2.05) is 0 Å². The van der Waals surface area contributed by atoms with Gasteiger partial charge in [-0.2, -0.15) is 13.8 Å². The van der Waals surface area contributed by atoms with Crippen LogP contribution in [0.3, 0.4) is 0 Å². The molecule has 4 rings (SSSR count). The average molecular weight is 424 g/mol. The molecule has 1 heterocycles. The molecule has 1 aromatic rings. The number of halogens is 2. The van der Waals surface area contributed by atoms with Crippen molar-refractivity contribution in [2.45, 2.75) is 50.8 Å². The van der Waals surface area contributed by atoms with E-state index in [2.05, 4.69) is 20.8 Å². The predicted molar refractivity (Wildman–Crippen MR) is 104 cm³/mol. The second kappa shape index (κ2) is 7.40. The number of hydrogen-bond acceptors (Lipinski definition) is 4. The summed E-state index contributed by atoms with van der Waals surface area (Å²) in [5.41, 5.74) is 1.78. The third kappa shape index (κ3) is 3.73.